The number of nitrogens with zero attached hydrogens (tertiary/aromatic N) is 14. The number of hydrogen-bond donors (Lipinski definition) is 0. The molecule has 3 fully saturated rings. The maximum absolute atomic E-state index is 13.4. The molecule has 3 aliphatic heterocycles. The van der Waals surface area contributed by atoms with E-state index in [2.05, 4.69) is 19.8 Å². The van der Waals surface area contributed by atoms with E-state index in [0.29, 0.717) is 175 Å². The van der Waals surface area contributed by atoms with E-state index in [1.54, 1.807) is 70.2 Å². The largest absolute Gasteiger partial charge is 0.477 e. The van der Waals surface area contributed by atoms with E-state index in [-0.39, 0.29) is 59.1 Å². The van der Waals surface area contributed by atoms with Crippen molar-refractivity contribution in [3.63, 3.8) is 0 Å². The number of halogens is 4. The highest BCUT2D eigenvalue weighted by Gasteiger charge is 2.37. The molecule has 3 saturated heterocycles. The third kappa shape index (κ3) is 20.5. The molecule has 0 saturated carbocycles. The van der Waals surface area contributed by atoms with Gasteiger partial charge in [0.1, 0.15) is 16.9 Å². The molecule has 12 rings (SSSR count). The number of benzene rings is 5. The zero-order chi connectivity index (χ0) is 78.2. The van der Waals surface area contributed by atoms with Crippen LogP contribution < -0.4 is 28.9 Å². The predicted molar refractivity (Wildman–Crippen MR) is 426 cm³/mol. The number of esters is 1. The van der Waals surface area contributed by atoms with Gasteiger partial charge in [-0.15, -0.1) is 0 Å². The minimum Gasteiger partial charge on any atom is -0.477 e. The van der Waals surface area contributed by atoms with Gasteiger partial charge in [0.05, 0.1) is 84.9 Å². The van der Waals surface area contributed by atoms with E-state index in [1.165, 1.54) is 6.26 Å². The maximum Gasteiger partial charge on any atom is 0.354 e. The number of furan rings is 1. The molecule has 578 valence electrons. The average Bonchev–Trinajstić information content (AvgIpc) is 0.873. The summed E-state index contributed by atoms with van der Waals surface area (Å²) in [4.78, 5) is 107. The molecule has 27 nitrogen and oxygen atoms in total. The molecule has 5 aromatic carbocycles. The first-order chi connectivity index (χ1) is 52.3. The van der Waals surface area contributed by atoms with E-state index in [0.717, 1.165) is 60.2 Å². The number of nitro groups is 2. The van der Waals surface area contributed by atoms with Crippen LogP contribution in [0, 0.1) is 34.1 Å². The van der Waals surface area contributed by atoms with Gasteiger partial charge < -0.3 is 67.5 Å². The number of carbonyl (C=O) groups excluding carboxylic acids is 4. The Morgan fingerprint density at radius 3 is 1.28 bits per heavy atom. The summed E-state index contributed by atoms with van der Waals surface area (Å²) in [5, 5.41) is 28.2. The van der Waals surface area contributed by atoms with Crippen molar-refractivity contribution in [1.82, 2.24) is 44.4 Å². The molecule has 0 spiro atoms. The Labute approximate surface area is 652 Å². The lowest BCUT2D eigenvalue weighted by atomic mass is 10.0. The highest BCUT2D eigenvalue weighted by molar-refractivity contribution is 6.42. The zero-order valence-electron chi connectivity index (χ0n) is 62.6. The van der Waals surface area contributed by atoms with Crippen molar-refractivity contribution in [2.45, 2.75) is 40.0 Å². The summed E-state index contributed by atoms with van der Waals surface area (Å²) in [6, 6.07) is 32.0. The first kappa shape index (κ1) is 81.6. The van der Waals surface area contributed by atoms with Gasteiger partial charge in [0.25, 0.3) is 29.5 Å². The summed E-state index contributed by atoms with van der Waals surface area (Å²) in [5.41, 5.74) is 6.69. The molecule has 0 bridgehead atoms. The summed E-state index contributed by atoms with van der Waals surface area (Å²) < 4.78 is 28.5. The fourth-order valence-corrected chi connectivity index (χ4v) is 13.6. The molecular formula is C78H90Cl4N14O13. The molecule has 9 aromatic rings. The summed E-state index contributed by atoms with van der Waals surface area (Å²) in [6.45, 7) is 14.8. The molecule has 0 radical (unpaired) electrons. The van der Waals surface area contributed by atoms with Gasteiger partial charge in [0.15, 0.2) is 5.76 Å². The normalized spacial score (nSPS) is 13.9. The molecule has 31 heteroatoms. The monoisotopic (exact) mass is 1570 g/mol. The van der Waals surface area contributed by atoms with Gasteiger partial charge in [-0.3, -0.25) is 34.6 Å². The topological polar surface area (TPSA) is 272 Å². The van der Waals surface area contributed by atoms with Gasteiger partial charge in [0, 0.05) is 125 Å². The number of aryl methyl sites for hydroxylation is 2. The number of rotatable bonds is 25. The highest BCUT2D eigenvalue weighted by Crippen LogP contribution is 2.45. The van der Waals surface area contributed by atoms with Gasteiger partial charge in [-0.1, -0.05) is 87.9 Å². The van der Waals surface area contributed by atoms with Crippen LogP contribution in [0.4, 0.5) is 28.4 Å². The molecule has 109 heavy (non-hydrogen) atoms. The predicted octanol–water partition coefficient (Wildman–Crippen LogP) is 13.4. The van der Waals surface area contributed by atoms with Crippen LogP contribution in [0.25, 0.3) is 32.7 Å². The number of hydrogen-bond acceptors (Lipinski definition) is 22. The Kier molecular flexibility index (Phi) is 28.4. The van der Waals surface area contributed by atoms with Gasteiger partial charge in [0.2, 0.25) is 5.88 Å². The second-order valence-corrected chi connectivity index (χ2v) is 28.9. The van der Waals surface area contributed by atoms with Gasteiger partial charge in [-0.05, 0) is 161 Å². The molecule has 4 aromatic heterocycles. The molecule has 7 heterocycles. The second kappa shape index (κ2) is 38.0. The summed E-state index contributed by atoms with van der Waals surface area (Å²) in [5.74, 6) is -0.317. The molecule has 3 amide bonds. The number of carbonyl (C=O) groups is 4. The minimum atomic E-state index is -0.472. The number of fused-ring (bicyclic) bond motifs is 3. The zero-order valence-corrected chi connectivity index (χ0v) is 65.6. The van der Waals surface area contributed by atoms with Crippen LogP contribution in [-0.2, 0) is 4.74 Å². The van der Waals surface area contributed by atoms with E-state index in [1.807, 2.05) is 136 Å². The number of ether oxygens (including phenoxy) is 4. The lowest BCUT2D eigenvalue weighted by Gasteiger charge is -2.37. The molecule has 0 unspecified atom stereocenters. The molecular weight excluding hydrogens is 1480 g/mol. The summed E-state index contributed by atoms with van der Waals surface area (Å²) in [6.07, 6.45) is 3.69. The first-order valence-electron chi connectivity index (χ1n) is 36.0. The Bertz CT molecular complexity index is 4740. The van der Waals surface area contributed by atoms with E-state index in [9.17, 15) is 39.4 Å². The number of para-hydroxylation sites is 1. The third-order valence-corrected chi connectivity index (χ3v) is 19.9. The molecule has 0 atom stereocenters. The van der Waals surface area contributed by atoms with Crippen molar-refractivity contribution in [2.75, 3.05) is 182 Å². The smallest absolute Gasteiger partial charge is 0.354 e. The summed E-state index contributed by atoms with van der Waals surface area (Å²) in [7, 11) is 11.9. The van der Waals surface area contributed by atoms with Crippen LogP contribution in [0.15, 0.2) is 120 Å². The average molecular weight is 1570 g/mol. The maximum atomic E-state index is 13.4. The molecule has 0 N–H and O–H groups in total. The number of piperazine rings is 3. The van der Waals surface area contributed by atoms with Crippen molar-refractivity contribution >= 4 is 131 Å². The van der Waals surface area contributed by atoms with E-state index in [4.69, 9.17) is 74.8 Å². The van der Waals surface area contributed by atoms with Gasteiger partial charge in [-0.25, -0.2) is 19.7 Å². The molecule has 3 aliphatic rings. The lowest BCUT2D eigenvalue weighted by molar-refractivity contribution is -0.385. The van der Waals surface area contributed by atoms with Gasteiger partial charge >= 0.3 is 17.3 Å². The quantitative estimate of drug-likeness (QED) is 0.0222. The number of amides is 3. The van der Waals surface area contributed by atoms with Crippen molar-refractivity contribution in [3.05, 3.63) is 189 Å². The summed E-state index contributed by atoms with van der Waals surface area (Å²) >= 11 is 24.3. The Balaban J connectivity index is 0.000000175. The van der Waals surface area contributed by atoms with Crippen molar-refractivity contribution in [2.24, 2.45) is 0 Å². The Morgan fingerprint density at radius 1 is 0.468 bits per heavy atom. The Hall–Kier alpha value is -9.87. The van der Waals surface area contributed by atoms with Crippen molar-refractivity contribution in [1.29, 1.82) is 0 Å². The van der Waals surface area contributed by atoms with E-state index < -0.39 is 15.8 Å². The third-order valence-electron chi connectivity index (χ3n) is 18.5. The number of aromatic nitrogens is 3. The van der Waals surface area contributed by atoms with Crippen LogP contribution >= 0.6 is 46.4 Å². The SMILES string of the molecule is CCOC(=O)c1c(OCCCN(C)C)nc2ccc(C)cc2c1N1CCN(C(=O)c2ccc(Cl)c(Cl)c2)CC1.CN(C)CCCOc1nc2ccccc2c(N2CCN(C(=O)c3ccco3)CC2)c1[N+](=O)[O-].Cc1ccc2nc(OCCCN(C)C)c([N+](=O)[O-])c(N3CCN(C(=O)c4ccc(Cl)c(Cl)c4)CC3)c2c1. The van der Waals surface area contributed by atoms with Crippen LogP contribution in [-0.4, -0.2) is 245 Å². The fraction of sp³-hybridized carbons (Fsp3) is 0.397. The van der Waals surface area contributed by atoms with E-state index >= 15 is 0 Å². The second-order valence-electron chi connectivity index (χ2n) is 27.3. The lowest BCUT2D eigenvalue weighted by Crippen LogP contribution is -2.49. The first-order valence-corrected chi connectivity index (χ1v) is 37.5. The standard InChI is InChI=1S/C29H34Cl2N4O4.C26H29Cl2N5O4.C23H27N5O5/c1-5-38-29(37)25-26(21-17-19(2)7-10-24(21)32-27(25)39-16-6-11-33(3)4)34-12-14-35(15-13-34)28(36)20-8-9-22(30)23(31)18-20;1-17-5-8-22-19(15-17)23(24(33(35)36)25(29-22)37-14-4-9-30(2)3)31-10-12-32(13-11-31)26(34)18-6-7-20(27)21(28)16-18;1-25(2)10-6-16-33-22-21(28(30)31)20(17-7-3-4-8-18(17)24-22)26-11-13-27(14-12-26)23(29)19-9-5-15-32-19/h7-10,17-18H,5-6,11-16H2,1-4H3;5-8,15-16H,4,9-14H2,1-3H3;3-5,7-9,15H,6,10-14,16H2,1-2H3. The number of pyridine rings is 3. The minimum absolute atomic E-state index is 0.0180. The van der Waals surface area contributed by atoms with Crippen LogP contribution in [0.1, 0.15) is 78.9 Å². The number of anilines is 3. The van der Waals surface area contributed by atoms with Gasteiger partial charge in [-0.2, -0.15) is 0 Å². The highest BCUT2D eigenvalue weighted by atomic mass is 35.5. The van der Waals surface area contributed by atoms with Crippen molar-refractivity contribution in [3.8, 4) is 17.6 Å². The van der Waals surface area contributed by atoms with Crippen LogP contribution in [0.2, 0.25) is 20.1 Å². The van der Waals surface area contributed by atoms with Crippen molar-refractivity contribution < 1.29 is 52.4 Å². The van der Waals surface area contributed by atoms with Crippen LogP contribution in [0.5, 0.6) is 17.6 Å². The fourth-order valence-electron chi connectivity index (χ4n) is 13.0. The molecule has 0 aliphatic carbocycles. The van der Waals surface area contributed by atoms with Crippen LogP contribution in [0.3, 0.4) is 0 Å². The Morgan fingerprint density at radius 2 is 0.862 bits per heavy atom.